The van der Waals surface area contributed by atoms with Gasteiger partial charge in [0.15, 0.2) is 0 Å². The van der Waals surface area contributed by atoms with Crippen molar-refractivity contribution in [3.63, 3.8) is 0 Å². The van der Waals surface area contributed by atoms with E-state index >= 15 is 0 Å². The molecule has 0 unspecified atom stereocenters. The Balaban J connectivity index is 2.60. The summed E-state index contributed by atoms with van der Waals surface area (Å²) in [6.07, 6.45) is 0.683. The lowest BCUT2D eigenvalue weighted by molar-refractivity contribution is -0.126. The summed E-state index contributed by atoms with van der Waals surface area (Å²) < 4.78 is 0.917. The van der Waals surface area contributed by atoms with Crippen LogP contribution in [0.3, 0.4) is 0 Å². The summed E-state index contributed by atoms with van der Waals surface area (Å²) in [6, 6.07) is 3.93. The molecule has 5 N–H and O–H groups in total. The second-order valence-electron chi connectivity index (χ2n) is 5.60. The van der Waals surface area contributed by atoms with Crippen LogP contribution in [0.15, 0.2) is 22.7 Å². The third kappa shape index (κ3) is 6.19. The van der Waals surface area contributed by atoms with Crippen molar-refractivity contribution < 1.29 is 14.4 Å². The van der Waals surface area contributed by atoms with Crippen molar-refractivity contribution in [1.82, 2.24) is 10.6 Å². The number of nitrogens with one attached hydrogen (secondary N) is 3. The summed E-state index contributed by atoms with van der Waals surface area (Å²) in [5.74, 6) is -0.893. The number of carbonyl (C=O) groups is 3. The normalized spacial score (nSPS) is 12.8. The highest BCUT2D eigenvalue weighted by molar-refractivity contribution is 9.10. The van der Waals surface area contributed by atoms with Crippen LogP contribution in [0.1, 0.15) is 25.8 Å². The maximum absolute atomic E-state index is 12.2. The molecule has 0 saturated heterocycles. The van der Waals surface area contributed by atoms with Crippen LogP contribution < -0.4 is 21.7 Å². The molecule has 0 bridgehead atoms. The largest absolute Gasteiger partial charge is 0.352 e. The van der Waals surface area contributed by atoms with Gasteiger partial charge >= 0.3 is 6.03 Å². The molecule has 0 fully saturated rings. The summed E-state index contributed by atoms with van der Waals surface area (Å²) in [4.78, 5) is 35.2. The highest BCUT2D eigenvalue weighted by Gasteiger charge is 2.25. The monoisotopic (exact) mass is 398 g/mol. The smallest absolute Gasteiger partial charge is 0.312 e. The maximum Gasteiger partial charge on any atom is 0.312 e. The Morgan fingerprint density at radius 2 is 1.96 bits per heavy atom. The predicted molar refractivity (Wildman–Crippen MR) is 96.5 cm³/mol. The topological polar surface area (TPSA) is 113 Å². The number of aryl methyl sites for hydroxylation is 1. The fraction of sp³-hybridized carbons (Fsp3) is 0.438. The Bertz CT molecular complexity index is 621. The summed E-state index contributed by atoms with van der Waals surface area (Å²) in [7, 11) is 0. The van der Waals surface area contributed by atoms with Crippen LogP contribution in [0.5, 0.6) is 0 Å². The van der Waals surface area contributed by atoms with E-state index in [1.54, 1.807) is 6.07 Å². The van der Waals surface area contributed by atoms with Crippen molar-refractivity contribution in [1.29, 1.82) is 0 Å². The van der Waals surface area contributed by atoms with Gasteiger partial charge in [-0.05, 0) is 36.6 Å². The Hall–Kier alpha value is -2.09. The van der Waals surface area contributed by atoms with Gasteiger partial charge in [0.25, 0.3) is 0 Å². The fourth-order valence-corrected chi connectivity index (χ4v) is 2.57. The molecule has 7 nitrogen and oxygen atoms in total. The second kappa shape index (κ2) is 9.27. The molecule has 8 heteroatoms. The quantitative estimate of drug-likeness (QED) is 0.562. The number of urea groups is 1. The lowest BCUT2D eigenvalue weighted by Crippen LogP contribution is -2.52. The molecule has 132 valence electrons. The van der Waals surface area contributed by atoms with Gasteiger partial charge in [-0.15, -0.1) is 0 Å². The first-order chi connectivity index (χ1) is 11.2. The molecule has 0 aromatic heterocycles. The molecule has 0 heterocycles. The minimum atomic E-state index is -0.773. The van der Waals surface area contributed by atoms with E-state index in [4.69, 9.17) is 5.73 Å². The number of amides is 4. The first kappa shape index (κ1) is 20.0. The minimum absolute atomic E-state index is 0.103. The van der Waals surface area contributed by atoms with Gasteiger partial charge in [0.1, 0.15) is 6.04 Å². The van der Waals surface area contributed by atoms with Crippen LogP contribution in [-0.2, 0) is 9.59 Å². The molecule has 0 radical (unpaired) electrons. The summed E-state index contributed by atoms with van der Waals surface area (Å²) >= 11 is 3.35. The maximum atomic E-state index is 12.2. The zero-order valence-corrected chi connectivity index (χ0v) is 15.6. The molecular formula is C16H23BrN4O3. The number of nitrogens with two attached hydrogens (primary N) is 1. The highest BCUT2D eigenvalue weighted by atomic mass is 79.9. The van der Waals surface area contributed by atoms with Gasteiger partial charge in [-0.25, -0.2) is 4.79 Å². The molecule has 0 saturated carbocycles. The van der Waals surface area contributed by atoms with E-state index in [2.05, 4.69) is 31.9 Å². The number of halogens is 1. The Morgan fingerprint density at radius 1 is 1.29 bits per heavy atom. The minimum Gasteiger partial charge on any atom is -0.352 e. The number of hydrogen-bond acceptors (Lipinski definition) is 3. The SMILES string of the molecule is CC[C@H](C)[C@H](NC(N)=O)C(=O)NCC(=O)Nc1ccc(Br)cc1C. The summed E-state index contributed by atoms with van der Waals surface area (Å²) in [5, 5.41) is 7.66. The molecule has 4 amide bonds. The average molecular weight is 399 g/mol. The van der Waals surface area contributed by atoms with E-state index in [0.717, 1.165) is 10.0 Å². The van der Waals surface area contributed by atoms with Gasteiger partial charge in [0.2, 0.25) is 11.8 Å². The van der Waals surface area contributed by atoms with Gasteiger partial charge in [0.05, 0.1) is 6.54 Å². The van der Waals surface area contributed by atoms with E-state index in [9.17, 15) is 14.4 Å². The third-order valence-corrected chi connectivity index (χ3v) is 4.17. The second-order valence-corrected chi connectivity index (χ2v) is 6.51. The first-order valence-electron chi connectivity index (χ1n) is 7.64. The Labute approximate surface area is 149 Å². The molecule has 0 spiro atoms. The van der Waals surface area contributed by atoms with Crippen molar-refractivity contribution in [3.8, 4) is 0 Å². The molecule has 0 aliphatic carbocycles. The Kier molecular flexibility index (Phi) is 7.70. The van der Waals surface area contributed by atoms with Gasteiger partial charge in [-0.3, -0.25) is 9.59 Å². The van der Waals surface area contributed by atoms with Crippen molar-refractivity contribution in [2.75, 3.05) is 11.9 Å². The molecule has 0 aliphatic rings. The Morgan fingerprint density at radius 3 is 2.50 bits per heavy atom. The van der Waals surface area contributed by atoms with Crippen molar-refractivity contribution in [2.24, 2.45) is 11.7 Å². The number of carbonyl (C=O) groups excluding carboxylic acids is 3. The van der Waals surface area contributed by atoms with E-state index in [1.165, 1.54) is 0 Å². The summed E-state index contributed by atoms with van der Waals surface area (Å²) in [6.45, 7) is 5.40. The lowest BCUT2D eigenvalue weighted by atomic mass is 9.98. The molecular weight excluding hydrogens is 376 g/mol. The highest BCUT2D eigenvalue weighted by Crippen LogP contribution is 2.19. The van der Waals surface area contributed by atoms with Crippen LogP contribution in [0, 0.1) is 12.8 Å². The van der Waals surface area contributed by atoms with Crippen LogP contribution in [-0.4, -0.2) is 30.4 Å². The van der Waals surface area contributed by atoms with E-state index in [0.29, 0.717) is 12.1 Å². The van der Waals surface area contributed by atoms with Crippen LogP contribution in [0.2, 0.25) is 0 Å². The standard InChI is InChI=1S/C16H23BrN4O3/c1-4-9(2)14(21-16(18)24)15(23)19-8-13(22)20-12-6-5-11(17)7-10(12)3/h5-7,9,14H,4,8H2,1-3H3,(H,19,23)(H,20,22)(H3,18,21,24)/t9-,14-/m0/s1. The predicted octanol–water partition coefficient (Wildman–Crippen LogP) is 1.90. The zero-order chi connectivity index (χ0) is 18.3. The zero-order valence-electron chi connectivity index (χ0n) is 14.0. The molecule has 0 aliphatic heterocycles. The van der Waals surface area contributed by atoms with E-state index in [-0.39, 0.29) is 18.4 Å². The first-order valence-corrected chi connectivity index (χ1v) is 8.43. The van der Waals surface area contributed by atoms with E-state index in [1.807, 2.05) is 32.9 Å². The number of hydrogen-bond donors (Lipinski definition) is 4. The van der Waals surface area contributed by atoms with Crippen LogP contribution in [0.4, 0.5) is 10.5 Å². The van der Waals surface area contributed by atoms with Crippen molar-refractivity contribution >= 4 is 39.5 Å². The lowest BCUT2D eigenvalue weighted by Gasteiger charge is -2.22. The van der Waals surface area contributed by atoms with Gasteiger partial charge in [0, 0.05) is 10.2 Å². The molecule has 24 heavy (non-hydrogen) atoms. The molecule has 1 aromatic carbocycles. The third-order valence-electron chi connectivity index (χ3n) is 3.68. The van der Waals surface area contributed by atoms with E-state index < -0.39 is 18.0 Å². The van der Waals surface area contributed by atoms with Crippen molar-refractivity contribution in [2.45, 2.75) is 33.2 Å². The fourth-order valence-electron chi connectivity index (χ4n) is 2.09. The molecule has 1 rings (SSSR count). The number of anilines is 1. The van der Waals surface area contributed by atoms with Crippen molar-refractivity contribution in [3.05, 3.63) is 28.2 Å². The number of primary amides is 1. The summed E-state index contributed by atoms with van der Waals surface area (Å²) in [5.41, 5.74) is 6.67. The van der Waals surface area contributed by atoms with Gasteiger partial charge < -0.3 is 21.7 Å². The average Bonchev–Trinajstić information content (AvgIpc) is 2.52. The molecule has 2 atom stereocenters. The number of rotatable bonds is 7. The molecule has 1 aromatic rings. The number of benzene rings is 1. The van der Waals surface area contributed by atoms with Gasteiger partial charge in [-0.2, -0.15) is 0 Å². The van der Waals surface area contributed by atoms with Crippen LogP contribution in [0.25, 0.3) is 0 Å². The van der Waals surface area contributed by atoms with Crippen LogP contribution >= 0.6 is 15.9 Å². The van der Waals surface area contributed by atoms with Gasteiger partial charge in [-0.1, -0.05) is 36.2 Å².